The first-order chi connectivity index (χ1) is 6.24. The lowest BCUT2D eigenvalue weighted by Crippen LogP contribution is -2.14. The minimum absolute atomic E-state index is 0.463. The summed E-state index contributed by atoms with van der Waals surface area (Å²) in [6.45, 7) is 4.33. The van der Waals surface area contributed by atoms with E-state index in [9.17, 15) is 0 Å². The van der Waals surface area contributed by atoms with Crippen LogP contribution in [0.4, 0.5) is 5.69 Å². The van der Waals surface area contributed by atoms with Crippen LogP contribution in [0.3, 0.4) is 0 Å². The van der Waals surface area contributed by atoms with Crippen molar-refractivity contribution in [1.82, 2.24) is 4.98 Å². The lowest BCUT2D eigenvalue weighted by atomic mass is 10.2. The molecule has 13 heavy (non-hydrogen) atoms. The fourth-order valence-corrected chi connectivity index (χ4v) is 1.44. The van der Waals surface area contributed by atoms with Crippen molar-refractivity contribution >= 4 is 17.3 Å². The molecular weight excluding hydrogens is 184 g/mol. The van der Waals surface area contributed by atoms with Gasteiger partial charge in [0.25, 0.3) is 0 Å². The number of nitrogens with one attached hydrogen (secondary N) is 1. The Kier molecular flexibility index (Phi) is 4.03. The standard InChI is InChI=1S/C10H15ClN2/c1-3-4-8(2)13-10-5-6-12-7-9(10)11/h5-8H,3-4H2,1-2H3,(H,12,13). The van der Waals surface area contributed by atoms with Gasteiger partial charge in [-0.15, -0.1) is 0 Å². The molecule has 1 aromatic heterocycles. The highest BCUT2D eigenvalue weighted by molar-refractivity contribution is 6.33. The third-order valence-corrected chi connectivity index (χ3v) is 2.20. The molecular formula is C10H15ClN2. The Morgan fingerprint density at radius 3 is 3.00 bits per heavy atom. The average molecular weight is 199 g/mol. The van der Waals surface area contributed by atoms with Crippen LogP contribution in [0.5, 0.6) is 0 Å². The van der Waals surface area contributed by atoms with Crippen LogP contribution in [0.2, 0.25) is 5.02 Å². The maximum absolute atomic E-state index is 5.94. The second-order valence-corrected chi connectivity index (χ2v) is 3.60. The number of hydrogen-bond acceptors (Lipinski definition) is 2. The first-order valence-corrected chi connectivity index (χ1v) is 4.98. The molecule has 0 amide bonds. The van der Waals surface area contributed by atoms with Gasteiger partial charge in [-0.05, 0) is 19.4 Å². The van der Waals surface area contributed by atoms with Crippen molar-refractivity contribution in [1.29, 1.82) is 0 Å². The van der Waals surface area contributed by atoms with Crippen LogP contribution in [0.15, 0.2) is 18.5 Å². The molecule has 0 aliphatic rings. The molecule has 1 rings (SSSR count). The summed E-state index contributed by atoms with van der Waals surface area (Å²) in [5.74, 6) is 0. The molecule has 0 saturated carbocycles. The number of anilines is 1. The van der Waals surface area contributed by atoms with E-state index >= 15 is 0 Å². The van der Waals surface area contributed by atoms with Crippen molar-refractivity contribution < 1.29 is 0 Å². The summed E-state index contributed by atoms with van der Waals surface area (Å²) in [5.41, 5.74) is 0.970. The van der Waals surface area contributed by atoms with E-state index in [0.29, 0.717) is 11.1 Å². The highest BCUT2D eigenvalue weighted by Gasteiger charge is 2.03. The Bertz CT molecular complexity index is 263. The van der Waals surface area contributed by atoms with Gasteiger partial charge in [0.2, 0.25) is 0 Å². The number of rotatable bonds is 4. The average Bonchev–Trinajstić information content (AvgIpc) is 2.09. The SMILES string of the molecule is CCCC(C)Nc1ccncc1Cl. The van der Waals surface area contributed by atoms with E-state index in [1.165, 1.54) is 6.42 Å². The van der Waals surface area contributed by atoms with Crippen LogP contribution in [0.25, 0.3) is 0 Å². The predicted molar refractivity (Wildman–Crippen MR) is 57.2 cm³/mol. The Morgan fingerprint density at radius 2 is 2.38 bits per heavy atom. The van der Waals surface area contributed by atoms with E-state index in [0.717, 1.165) is 12.1 Å². The van der Waals surface area contributed by atoms with E-state index in [-0.39, 0.29) is 0 Å². The minimum Gasteiger partial charge on any atom is -0.381 e. The highest BCUT2D eigenvalue weighted by atomic mass is 35.5. The second kappa shape index (κ2) is 5.07. The van der Waals surface area contributed by atoms with Crippen molar-refractivity contribution in [2.45, 2.75) is 32.7 Å². The lowest BCUT2D eigenvalue weighted by Gasteiger charge is -2.14. The second-order valence-electron chi connectivity index (χ2n) is 3.19. The molecule has 1 aromatic rings. The highest BCUT2D eigenvalue weighted by Crippen LogP contribution is 2.20. The van der Waals surface area contributed by atoms with Crippen molar-refractivity contribution in [2.75, 3.05) is 5.32 Å². The van der Waals surface area contributed by atoms with E-state index in [1.807, 2.05) is 6.07 Å². The van der Waals surface area contributed by atoms with Gasteiger partial charge in [0.05, 0.1) is 10.7 Å². The topological polar surface area (TPSA) is 24.9 Å². The fraction of sp³-hybridized carbons (Fsp3) is 0.500. The van der Waals surface area contributed by atoms with Gasteiger partial charge < -0.3 is 5.32 Å². The van der Waals surface area contributed by atoms with Crippen LogP contribution < -0.4 is 5.32 Å². The van der Waals surface area contributed by atoms with E-state index in [1.54, 1.807) is 12.4 Å². The molecule has 1 N–H and O–H groups in total. The van der Waals surface area contributed by atoms with Gasteiger partial charge >= 0.3 is 0 Å². The molecule has 3 heteroatoms. The van der Waals surface area contributed by atoms with Gasteiger partial charge in [0, 0.05) is 18.4 Å². The normalized spacial score (nSPS) is 12.5. The monoisotopic (exact) mass is 198 g/mol. The number of pyridine rings is 1. The van der Waals surface area contributed by atoms with Crippen LogP contribution >= 0.6 is 11.6 Å². The Hall–Kier alpha value is -0.760. The third-order valence-electron chi connectivity index (χ3n) is 1.90. The maximum Gasteiger partial charge on any atom is 0.0820 e. The van der Waals surface area contributed by atoms with Crippen LogP contribution in [-0.2, 0) is 0 Å². The Balaban J connectivity index is 2.58. The van der Waals surface area contributed by atoms with Gasteiger partial charge in [-0.2, -0.15) is 0 Å². The molecule has 0 bridgehead atoms. The zero-order valence-corrected chi connectivity index (χ0v) is 8.80. The molecule has 1 unspecified atom stereocenters. The molecule has 1 atom stereocenters. The lowest BCUT2D eigenvalue weighted by molar-refractivity contribution is 0.690. The summed E-state index contributed by atoms with van der Waals surface area (Å²) in [7, 11) is 0. The van der Waals surface area contributed by atoms with Crippen LogP contribution in [0, 0.1) is 0 Å². The minimum atomic E-state index is 0.463. The van der Waals surface area contributed by atoms with E-state index in [4.69, 9.17) is 11.6 Å². The maximum atomic E-state index is 5.94. The molecule has 0 aliphatic heterocycles. The van der Waals surface area contributed by atoms with E-state index < -0.39 is 0 Å². The van der Waals surface area contributed by atoms with Gasteiger partial charge in [-0.3, -0.25) is 4.98 Å². The summed E-state index contributed by atoms with van der Waals surface area (Å²) in [4.78, 5) is 3.93. The number of nitrogens with zero attached hydrogens (tertiary/aromatic N) is 1. The molecule has 0 saturated heterocycles. The number of aromatic nitrogens is 1. The zero-order valence-electron chi connectivity index (χ0n) is 8.05. The zero-order chi connectivity index (χ0) is 9.68. The largest absolute Gasteiger partial charge is 0.381 e. The summed E-state index contributed by atoms with van der Waals surface area (Å²) < 4.78 is 0. The Morgan fingerprint density at radius 1 is 1.62 bits per heavy atom. The van der Waals surface area contributed by atoms with Crippen molar-refractivity contribution in [3.63, 3.8) is 0 Å². The van der Waals surface area contributed by atoms with Gasteiger partial charge in [0.1, 0.15) is 0 Å². The summed E-state index contributed by atoms with van der Waals surface area (Å²) in [6.07, 6.45) is 5.73. The van der Waals surface area contributed by atoms with Gasteiger partial charge in [0.15, 0.2) is 0 Å². The van der Waals surface area contributed by atoms with E-state index in [2.05, 4.69) is 24.1 Å². The molecule has 1 heterocycles. The molecule has 72 valence electrons. The summed E-state index contributed by atoms with van der Waals surface area (Å²) in [6, 6.07) is 2.36. The molecule has 0 aliphatic carbocycles. The molecule has 0 fully saturated rings. The molecule has 2 nitrogen and oxygen atoms in total. The van der Waals surface area contributed by atoms with Crippen molar-refractivity contribution in [2.24, 2.45) is 0 Å². The molecule has 0 radical (unpaired) electrons. The van der Waals surface area contributed by atoms with Crippen molar-refractivity contribution in [3.8, 4) is 0 Å². The fourth-order valence-electron chi connectivity index (χ4n) is 1.26. The van der Waals surface area contributed by atoms with Crippen LogP contribution in [-0.4, -0.2) is 11.0 Å². The van der Waals surface area contributed by atoms with Gasteiger partial charge in [-0.1, -0.05) is 24.9 Å². The smallest absolute Gasteiger partial charge is 0.0820 e. The number of halogens is 1. The van der Waals surface area contributed by atoms with Crippen molar-refractivity contribution in [3.05, 3.63) is 23.5 Å². The number of hydrogen-bond donors (Lipinski definition) is 1. The molecule has 0 aromatic carbocycles. The van der Waals surface area contributed by atoms with Crippen LogP contribution in [0.1, 0.15) is 26.7 Å². The first kappa shape index (κ1) is 10.3. The Labute approximate surface area is 84.3 Å². The summed E-state index contributed by atoms with van der Waals surface area (Å²) >= 11 is 5.94. The molecule has 0 spiro atoms. The predicted octanol–water partition coefficient (Wildman–Crippen LogP) is 3.34. The third kappa shape index (κ3) is 3.23. The van der Waals surface area contributed by atoms with Gasteiger partial charge in [-0.25, -0.2) is 0 Å². The first-order valence-electron chi connectivity index (χ1n) is 4.60. The summed E-state index contributed by atoms with van der Waals surface area (Å²) in [5, 5.41) is 4.02. The quantitative estimate of drug-likeness (QED) is 0.803.